The van der Waals surface area contributed by atoms with E-state index in [0.717, 1.165) is 42.5 Å². The van der Waals surface area contributed by atoms with Crippen LogP contribution >= 0.6 is 0 Å². The lowest BCUT2D eigenvalue weighted by Gasteiger charge is -2.28. The summed E-state index contributed by atoms with van der Waals surface area (Å²) in [5, 5.41) is 28.8. The third-order valence-electron chi connectivity index (χ3n) is 6.51. The number of carboxylic acids is 1. The van der Waals surface area contributed by atoms with Gasteiger partial charge in [0, 0.05) is 19.0 Å². The third-order valence-corrected chi connectivity index (χ3v) is 6.51. The predicted molar refractivity (Wildman–Crippen MR) is 127 cm³/mol. The summed E-state index contributed by atoms with van der Waals surface area (Å²) in [5.41, 5.74) is 3.68. The molecule has 7 heteroatoms. The first-order valence-electron chi connectivity index (χ1n) is 11.8. The Bertz CT molecular complexity index is 1040. The highest BCUT2D eigenvalue weighted by Crippen LogP contribution is 2.25. The van der Waals surface area contributed by atoms with E-state index in [0.29, 0.717) is 24.1 Å². The van der Waals surface area contributed by atoms with E-state index in [2.05, 4.69) is 11.0 Å². The zero-order valence-corrected chi connectivity index (χ0v) is 19.8. The van der Waals surface area contributed by atoms with Gasteiger partial charge in [0.25, 0.3) is 0 Å². The minimum Gasteiger partial charge on any atom is -0.481 e. The molecule has 3 atom stereocenters. The van der Waals surface area contributed by atoms with E-state index in [1.54, 1.807) is 31.2 Å². The monoisotopic (exact) mass is 468 g/mol. The smallest absolute Gasteiger partial charge is 0.303 e. The molecule has 1 heterocycles. The van der Waals surface area contributed by atoms with Crippen LogP contribution in [0, 0.1) is 24.1 Å². The molecule has 0 aromatic heterocycles. The van der Waals surface area contributed by atoms with Gasteiger partial charge in [-0.2, -0.15) is 5.26 Å². The fraction of sp³-hybridized carbons (Fsp3) is 0.481. The van der Waals surface area contributed by atoms with Gasteiger partial charge in [-0.15, -0.1) is 0 Å². The van der Waals surface area contributed by atoms with Crippen LogP contribution in [0.3, 0.4) is 0 Å². The number of aliphatic hydroxyl groups excluding tert-OH is 1. The van der Waals surface area contributed by atoms with E-state index in [1.807, 2.05) is 19.1 Å². The van der Waals surface area contributed by atoms with Gasteiger partial charge in [0.1, 0.15) is 5.82 Å². The van der Waals surface area contributed by atoms with Crippen molar-refractivity contribution in [2.75, 3.05) is 19.7 Å². The van der Waals surface area contributed by atoms with E-state index in [4.69, 9.17) is 15.1 Å². The first-order valence-corrected chi connectivity index (χ1v) is 11.8. The van der Waals surface area contributed by atoms with Crippen LogP contribution in [0.4, 0.5) is 4.39 Å². The molecule has 182 valence electrons. The number of ether oxygens (including phenoxy) is 1. The number of carboxylic acid groups (broad SMARTS) is 1. The number of aliphatic hydroxyl groups is 1. The maximum Gasteiger partial charge on any atom is 0.303 e. The molecule has 0 saturated carbocycles. The number of nitriles is 1. The lowest BCUT2D eigenvalue weighted by molar-refractivity contribution is -0.136. The van der Waals surface area contributed by atoms with E-state index in [9.17, 15) is 14.3 Å². The number of β-amino-alcohol motifs (C(OH)–C–C–N with tert-alkyl or cyclic N) is 1. The van der Waals surface area contributed by atoms with Crippen molar-refractivity contribution in [3.05, 3.63) is 70.0 Å². The topological polar surface area (TPSA) is 93.8 Å². The SMILES string of the molecule is Cc1ccc(C[C@@H]2CCCN2C[C@@H](O)COC(C)c2ccc(C#N)cc2CCC(=O)O)cc1F. The number of rotatable bonds is 11. The number of nitrogens with zero attached hydrogens (tertiary/aromatic N) is 2. The van der Waals surface area contributed by atoms with E-state index in [-0.39, 0.29) is 31.0 Å². The van der Waals surface area contributed by atoms with Crippen LogP contribution in [0.2, 0.25) is 0 Å². The summed E-state index contributed by atoms with van der Waals surface area (Å²) in [4.78, 5) is 13.3. The molecule has 34 heavy (non-hydrogen) atoms. The fourth-order valence-corrected chi connectivity index (χ4v) is 4.60. The Morgan fingerprint density at radius 1 is 1.32 bits per heavy atom. The molecule has 1 saturated heterocycles. The normalized spacial score (nSPS) is 17.9. The summed E-state index contributed by atoms with van der Waals surface area (Å²) in [6.07, 6.45) is 2.05. The van der Waals surface area contributed by atoms with Crippen molar-refractivity contribution in [1.29, 1.82) is 5.26 Å². The van der Waals surface area contributed by atoms with E-state index >= 15 is 0 Å². The molecule has 2 aromatic rings. The first-order chi connectivity index (χ1) is 16.3. The highest BCUT2D eigenvalue weighted by atomic mass is 19.1. The second-order valence-electron chi connectivity index (χ2n) is 9.13. The Morgan fingerprint density at radius 3 is 2.82 bits per heavy atom. The van der Waals surface area contributed by atoms with Gasteiger partial charge in [-0.3, -0.25) is 9.69 Å². The number of hydrogen-bond donors (Lipinski definition) is 2. The fourth-order valence-electron chi connectivity index (χ4n) is 4.60. The number of aliphatic carboxylic acids is 1. The zero-order chi connectivity index (χ0) is 24.7. The molecule has 3 rings (SSSR count). The Labute approximate surface area is 200 Å². The number of hydrogen-bond acceptors (Lipinski definition) is 5. The minimum absolute atomic E-state index is 0.0293. The van der Waals surface area contributed by atoms with Gasteiger partial charge >= 0.3 is 5.97 Å². The Balaban J connectivity index is 1.55. The summed E-state index contributed by atoms with van der Waals surface area (Å²) in [6, 6.07) is 12.9. The Kier molecular flexibility index (Phi) is 9.17. The van der Waals surface area contributed by atoms with Crippen LogP contribution in [0.1, 0.15) is 60.1 Å². The van der Waals surface area contributed by atoms with Gasteiger partial charge in [-0.1, -0.05) is 18.2 Å². The van der Waals surface area contributed by atoms with Crippen molar-refractivity contribution in [3.8, 4) is 6.07 Å². The highest BCUT2D eigenvalue weighted by Gasteiger charge is 2.27. The summed E-state index contributed by atoms with van der Waals surface area (Å²) in [5.74, 6) is -1.08. The van der Waals surface area contributed by atoms with E-state index in [1.165, 1.54) is 0 Å². The summed E-state index contributed by atoms with van der Waals surface area (Å²) in [7, 11) is 0. The van der Waals surface area contributed by atoms with Gasteiger partial charge < -0.3 is 14.9 Å². The van der Waals surface area contributed by atoms with Gasteiger partial charge in [-0.05, 0) is 86.5 Å². The maximum atomic E-state index is 13.9. The average Bonchev–Trinajstić information content (AvgIpc) is 3.24. The molecule has 1 unspecified atom stereocenters. The van der Waals surface area contributed by atoms with Crippen LogP contribution < -0.4 is 0 Å². The minimum atomic E-state index is -0.897. The Morgan fingerprint density at radius 2 is 2.12 bits per heavy atom. The molecule has 2 aromatic carbocycles. The van der Waals surface area contributed by atoms with E-state index < -0.39 is 12.1 Å². The van der Waals surface area contributed by atoms with Gasteiger partial charge in [0.05, 0.1) is 30.4 Å². The lowest BCUT2D eigenvalue weighted by Crippen LogP contribution is -2.39. The number of halogens is 1. The highest BCUT2D eigenvalue weighted by molar-refractivity contribution is 5.67. The summed E-state index contributed by atoms with van der Waals surface area (Å²) < 4.78 is 19.9. The lowest BCUT2D eigenvalue weighted by atomic mass is 9.97. The van der Waals surface area contributed by atoms with Crippen LogP contribution in [-0.2, 0) is 22.4 Å². The molecular formula is C27H33FN2O4. The number of aryl methyl sites for hydroxylation is 2. The summed E-state index contributed by atoms with van der Waals surface area (Å²) in [6.45, 7) is 5.13. The average molecular weight is 469 g/mol. The van der Waals surface area contributed by atoms with Gasteiger partial charge in [-0.25, -0.2) is 4.39 Å². The molecule has 6 nitrogen and oxygen atoms in total. The van der Waals surface area contributed by atoms with Gasteiger partial charge in [0.15, 0.2) is 0 Å². The first kappa shape index (κ1) is 25.8. The van der Waals surface area contributed by atoms with Crippen LogP contribution in [0.5, 0.6) is 0 Å². The quantitative estimate of drug-likeness (QED) is 0.514. The second kappa shape index (κ2) is 12.1. The standard InChI is InChI=1S/C27H33FN2O4/c1-18-5-6-20(14-26(18)28)13-23-4-3-11-30(23)16-24(31)17-34-19(2)25-9-7-21(15-29)12-22(25)8-10-27(32)33/h5-7,9,12,14,19,23-24,31H,3-4,8,10-11,13,16-17H2,1-2H3,(H,32,33)/t19?,23-,24+/m0/s1. The van der Waals surface area contributed by atoms with Gasteiger partial charge in [0.2, 0.25) is 0 Å². The van der Waals surface area contributed by atoms with Crippen molar-refractivity contribution in [2.45, 2.75) is 64.2 Å². The van der Waals surface area contributed by atoms with Crippen molar-refractivity contribution in [3.63, 3.8) is 0 Å². The molecule has 1 aliphatic heterocycles. The summed E-state index contributed by atoms with van der Waals surface area (Å²) >= 11 is 0. The third kappa shape index (κ3) is 7.10. The molecule has 1 fully saturated rings. The zero-order valence-electron chi connectivity index (χ0n) is 19.8. The van der Waals surface area contributed by atoms with Crippen LogP contribution in [-0.4, -0.2) is 52.9 Å². The maximum absolute atomic E-state index is 13.9. The molecule has 2 N–H and O–H groups in total. The molecule has 1 aliphatic rings. The molecular weight excluding hydrogens is 435 g/mol. The molecule has 0 aliphatic carbocycles. The van der Waals surface area contributed by atoms with Crippen LogP contribution in [0.15, 0.2) is 36.4 Å². The molecule has 0 bridgehead atoms. The number of likely N-dealkylation sites (tertiary alicyclic amines) is 1. The van der Waals surface area contributed by atoms with Crippen molar-refractivity contribution >= 4 is 5.97 Å². The Hall–Kier alpha value is -2.79. The predicted octanol–water partition coefficient (Wildman–Crippen LogP) is 4.17. The van der Waals surface area contributed by atoms with Crippen LogP contribution in [0.25, 0.3) is 0 Å². The molecule has 0 spiro atoms. The second-order valence-corrected chi connectivity index (χ2v) is 9.13. The van der Waals surface area contributed by atoms with Crippen molar-refractivity contribution < 1.29 is 24.1 Å². The number of benzene rings is 2. The molecule has 0 amide bonds. The number of carbonyl (C=O) groups is 1. The largest absolute Gasteiger partial charge is 0.481 e. The molecule has 0 radical (unpaired) electrons. The van der Waals surface area contributed by atoms with Crippen molar-refractivity contribution in [1.82, 2.24) is 4.90 Å². The van der Waals surface area contributed by atoms with Crippen molar-refractivity contribution in [2.24, 2.45) is 0 Å².